The molecule has 0 atom stereocenters. The van der Waals surface area contributed by atoms with Crippen LogP contribution in [0, 0.1) is 20.8 Å². The van der Waals surface area contributed by atoms with Crippen molar-refractivity contribution in [1.29, 1.82) is 0 Å². The summed E-state index contributed by atoms with van der Waals surface area (Å²) in [6, 6.07) is 6.08. The summed E-state index contributed by atoms with van der Waals surface area (Å²) < 4.78 is 53.4. The first kappa shape index (κ1) is 18.9. The van der Waals surface area contributed by atoms with Gasteiger partial charge in [0.05, 0.1) is 10.6 Å². The van der Waals surface area contributed by atoms with Crippen molar-refractivity contribution in [3.63, 3.8) is 0 Å². The van der Waals surface area contributed by atoms with Crippen molar-refractivity contribution in [3.8, 4) is 0 Å². The molecule has 0 aliphatic heterocycles. The molecular weight excluding hydrogens is 368 g/mol. The van der Waals surface area contributed by atoms with E-state index >= 15 is 0 Å². The van der Waals surface area contributed by atoms with Gasteiger partial charge in [-0.15, -0.1) is 11.3 Å². The first-order valence-corrected chi connectivity index (χ1v) is 10.8. The maximum Gasteiger partial charge on any atom is 0.262 e. The fraction of sp³-hybridized carbons (Fsp3) is 0.333. The van der Waals surface area contributed by atoms with E-state index in [4.69, 9.17) is 0 Å². The molecule has 24 heavy (non-hydrogen) atoms. The molecular formula is C15H20N2O4S3. The van der Waals surface area contributed by atoms with Gasteiger partial charge in [0.2, 0.25) is 10.0 Å². The molecule has 1 N–H and O–H groups in total. The van der Waals surface area contributed by atoms with Crippen LogP contribution in [0.15, 0.2) is 34.1 Å². The summed E-state index contributed by atoms with van der Waals surface area (Å²) in [5.74, 6) is 0. The molecule has 0 fully saturated rings. The van der Waals surface area contributed by atoms with Crippen molar-refractivity contribution >= 4 is 37.1 Å². The molecule has 1 aromatic heterocycles. The molecule has 0 amide bonds. The van der Waals surface area contributed by atoms with E-state index in [0.717, 1.165) is 9.18 Å². The summed E-state index contributed by atoms with van der Waals surface area (Å²) in [5, 5.41) is 0. The second-order valence-corrected chi connectivity index (χ2v) is 10.9. The highest BCUT2D eigenvalue weighted by atomic mass is 32.2. The SMILES string of the molecule is Cc1cc(S(=O)(=O)Nc2ccc(C)c(S(=O)(=O)N(C)C)c2)c(C)s1. The predicted octanol–water partition coefficient (Wildman–Crippen LogP) is 2.72. The lowest BCUT2D eigenvalue weighted by Crippen LogP contribution is -2.23. The van der Waals surface area contributed by atoms with Crippen LogP contribution >= 0.6 is 11.3 Å². The Morgan fingerprint density at radius 2 is 1.58 bits per heavy atom. The predicted molar refractivity (Wildman–Crippen MR) is 96.7 cm³/mol. The van der Waals surface area contributed by atoms with Gasteiger partial charge in [-0.1, -0.05) is 6.07 Å². The van der Waals surface area contributed by atoms with E-state index in [1.807, 2.05) is 6.92 Å². The molecule has 2 rings (SSSR count). The fourth-order valence-electron chi connectivity index (χ4n) is 2.22. The Kier molecular flexibility index (Phi) is 5.10. The highest BCUT2D eigenvalue weighted by molar-refractivity contribution is 7.93. The monoisotopic (exact) mass is 388 g/mol. The second-order valence-electron chi connectivity index (χ2n) is 5.65. The highest BCUT2D eigenvalue weighted by Crippen LogP contribution is 2.28. The van der Waals surface area contributed by atoms with Gasteiger partial charge in [-0.25, -0.2) is 21.1 Å². The van der Waals surface area contributed by atoms with Gasteiger partial charge in [0, 0.05) is 23.8 Å². The Morgan fingerprint density at radius 3 is 2.08 bits per heavy atom. The van der Waals surface area contributed by atoms with Crippen LogP contribution in [-0.4, -0.2) is 35.2 Å². The minimum absolute atomic E-state index is 0.0749. The van der Waals surface area contributed by atoms with Crippen LogP contribution in [-0.2, 0) is 20.0 Å². The maximum atomic E-state index is 12.6. The lowest BCUT2D eigenvalue weighted by Gasteiger charge is -2.15. The van der Waals surface area contributed by atoms with Gasteiger partial charge < -0.3 is 0 Å². The quantitative estimate of drug-likeness (QED) is 0.854. The summed E-state index contributed by atoms with van der Waals surface area (Å²) >= 11 is 1.40. The maximum absolute atomic E-state index is 12.6. The van der Waals surface area contributed by atoms with Gasteiger partial charge in [-0.05, 0) is 44.5 Å². The number of nitrogens with one attached hydrogen (secondary N) is 1. The van der Waals surface area contributed by atoms with Crippen molar-refractivity contribution in [2.24, 2.45) is 0 Å². The first-order valence-electron chi connectivity index (χ1n) is 7.08. The zero-order valence-corrected chi connectivity index (χ0v) is 16.6. The van der Waals surface area contributed by atoms with Crippen LogP contribution < -0.4 is 4.72 Å². The van der Waals surface area contributed by atoms with Crippen molar-refractivity contribution in [2.45, 2.75) is 30.6 Å². The van der Waals surface area contributed by atoms with E-state index in [-0.39, 0.29) is 15.5 Å². The molecule has 0 unspecified atom stereocenters. The van der Waals surface area contributed by atoms with E-state index in [2.05, 4.69) is 4.72 Å². The number of hydrogen-bond acceptors (Lipinski definition) is 5. The number of rotatable bonds is 5. The van der Waals surface area contributed by atoms with Gasteiger partial charge in [0.15, 0.2) is 0 Å². The number of hydrogen-bond donors (Lipinski definition) is 1. The van der Waals surface area contributed by atoms with Crippen LogP contribution in [0.4, 0.5) is 5.69 Å². The third-order valence-electron chi connectivity index (χ3n) is 3.48. The molecule has 0 saturated carbocycles. The lowest BCUT2D eigenvalue weighted by molar-refractivity contribution is 0.520. The minimum atomic E-state index is -3.77. The molecule has 2 aromatic rings. The zero-order chi connectivity index (χ0) is 18.3. The molecule has 0 saturated heterocycles. The van der Waals surface area contributed by atoms with Crippen LogP contribution in [0.3, 0.4) is 0 Å². The lowest BCUT2D eigenvalue weighted by atomic mass is 10.2. The Balaban J connectivity index is 2.47. The number of thiophene rings is 1. The van der Waals surface area contributed by atoms with Crippen molar-refractivity contribution in [2.75, 3.05) is 18.8 Å². The molecule has 132 valence electrons. The number of benzene rings is 1. The van der Waals surface area contributed by atoms with Gasteiger partial charge in [-0.3, -0.25) is 4.72 Å². The van der Waals surface area contributed by atoms with Crippen molar-refractivity contribution in [3.05, 3.63) is 39.6 Å². The van der Waals surface area contributed by atoms with Crippen LogP contribution in [0.5, 0.6) is 0 Å². The normalized spacial score (nSPS) is 12.6. The first-order chi connectivity index (χ1) is 10.9. The molecule has 6 nitrogen and oxygen atoms in total. The average Bonchev–Trinajstić information content (AvgIpc) is 2.80. The van der Waals surface area contributed by atoms with E-state index in [9.17, 15) is 16.8 Å². The molecule has 1 heterocycles. The second kappa shape index (κ2) is 6.47. The molecule has 0 spiro atoms. The molecule has 1 aromatic carbocycles. The average molecular weight is 389 g/mol. The fourth-order valence-corrected chi connectivity index (χ4v) is 5.97. The molecule has 0 radical (unpaired) electrons. The van der Waals surface area contributed by atoms with Crippen LogP contribution in [0.1, 0.15) is 15.3 Å². The summed E-state index contributed by atoms with van der Waals surface area (Å²) in [4.78, 5) is 1.87. The highest BCUT2D eigenvalue weighted by Gasteiger charge is 2.23. The van der Waals surface area contributed by atoms with Gasteiger partial charge in [0.25, 0.3) is 10.0 Å². The number of nitrogens with zero attached hydrogens (tertiary/aromatic N) is 1. The minimum Gasteiger partial charge on any atom is -0.280 e. The Bertz CT molecular complexity index is 974. The van der Waals surface area contributed by atoms with Crippen molar-refractivity contribution < 1.29 is 16.8 Å². The number of anilines is 1. The Morgan fingerprint density at radius 1 is 0.958 bits per heavy atom. The Hall–Kier alpha value is -1.42. The van der Waals surface area contributed by atoms with Gasteiger partial charge in [0.1, 0.15) is 4.90 Å². The molecule has 9 heteroatoms. The standard InChI is InChI=1S/C15H20N2O4S3/c1-10-6-7-13(9-14(10)24(20,21)17(4)5)16-23(18,19)15-8-11(2)22-12(15)3/h6-9,16H,1-5H3. The number of aryl methyl sites for hydroxylation is 3. The zero-order valence-electron chi connectivity index (χ0n) is 14.1. The number of sulfonamides is 2. The molecule has 0 aliphatic rings. The summed E-state index contributed by atoms with van der Waals surface area (Å²) in [6.45, 7) is 5.24. The van der Waals surface area contributed by atoms with E-state index in [1.54, 1.807) is 32.0 Å². The summed E-state index contributed by atoms with van der Waals surface area (Å²) in [7, 11) is -4.55. The summed E-state index contributed by atoms with van der Waals surface area (Å²) in [5.41, 5.74) is 0.762. The van der Waals surface area contributed by atoms with Crippen molar-refractivity contribution in [1.82, 2.24) is 4.31 Å². The third-order valence-corrected chi connectivity index (χ3v) is 8.04. The van der Waals surface area contributed by atoms with Gasteiger partial charge >= 0.3 is 0 Å². The largest absolute Gasteiger partial charge is 0.280 e. The van der Waals surface area contributed by atoms with E-state index < -0.39 is 20.0 Å². The third kappa shape index (κ3) is 3.64. The summed E-state index contributed by atoms with van der Waals surface area (Å²) in [6.07, 6.45) is 0. The smallest absolute Gasteiger partial charge is 0.262 e. The van der Waals surface area contributed by atoms with Crippen LogP contribution in [0.2, 0.25) is 0 Å². The van der Waals surface area contributed by atoms with Gasteiger partial charge in [-0.2, -0.15) is 0 Å². The molecule has 0 bridgehead atoms. The molecule has 0 aliphatic carbocycles. The van der Waals surface area contributed by atoms with E-state index in [1.165, 1.54) is 31.5 Å². The Labute approximate surface area is 147 Å². The van der Waals surface area contributed by atoms with E-state index in [0.29, 0.717) is 10.4 Å². The van der Waals surface area contributed by atoms with Crippen LogP contribution in [0.25, 0.3) is 0 Å². The topological polar surface area (TPSA) is 83.5 Å².